The molecule has 0 radical (unpaired) electrons. The van der Waals surface area contributed by atoms with Gasteiger partial charge in [0.15, 0.2) is 0 Å². The van der Waals surface area contributed by atoms with Crippen molar-refractivity contribution in [3.05, 3.63) is 47.3 Å². The van der Waals surface area contributed by atoms with Crippen LogP contribution in [0.1, 0.15) is 28.7 Å². The molecular weight excluding hydrogens is 312 g/mol. The fourth-order valence-corrected chi connectivity index (χ4v) is 2.19. The van der Waals surface area contributed by atoms with E-state index in [1.807, 2.05) is 19.1 Å². The van der Waals surface area contributed by atoms with E-state index in [9.17, 15) is 14.7 Å². The highest BCUT2D eigenvalue weighted by atomic mass is 16.5. The standard InChI is InChI=1S/C17H20N2O5/c1-3-23-14-6-4-12(5-7-14)9-13(17(21)22)10-18-16(20)15-8-11(2)19-24-15/h4-8,13H,3,9-10H2,1-2H3,(H,18,20)(H,21,22). The zero-order chi connectivity index (χ0) is 17.5. The molecule has 1 amide bonds. The first-order valence-corrected chi connectivity index (χ1v) is 7.65. The highest BCUT2D eigenvalue weighted by Crippen LogP contribution is 2.15. The Morgan fingerprint density at radius 2 is 2.04 bits per heavy atom. The second-order valence-electron chi connectivity index (χ2n) is 5.36. The SMILES string of the molecule is CCOc1ccc(CC(CNC(=O)c2cc(C)no2)C(=O)O)cc1. The summed E-state index contributed by atoms with van der Waals surface area (Å²) in [6.07, 6.45) is 0.303. The number of carbonyl (C=O) groups is 2. The predicted octanol–water partition coefficient (Wildman–Crippen LogP) is 2.06. The normalized spacial score (nSPS) is 11.8. The summed E-state index contributed by atoms with van der Waals surface area (Å²) in [5.74, 6) is -1.39. The molecule has 24 heavy (non-hydrogen) atoms. The van der Waals surface area contributed by atoms with E-state index in [1.54, 1.807) is 19.1 Å². The molecule has 1 atom stereocenters. The summed E-state index contributed by atoms with van der Waals surface area (Å²) in [5, 5.41) is 15.5. The van der Waals surface area contributed by atoms with Crippen molar-refractivity contribution < 1.29 is 24.0 Å². The molecule has 1 heterocycles. The molecule has 0 saturated heterocycles. The van der Waals surface area contributed by atoms with Crippen molar-refractivity contribution in [2.45, 2.75) is 20.3 Å². The number of hydrogen-bond acceptors (Lipinski definition) is 5. The number of carbonyl (C=O) groups excluding carboxylic acids is 1. The summed E-state index contributed by atoms with van der Waals surface area (Å²) >= 11 is 0. The Kier molecular flexibility index (Phi) is 5.95. The Morgan fingerprint density at radius 3 is 2.58 bits per heavy atom. The first-order chi connectivity index (χ1) is 11.5. The minimum atomic E-state index is -0.974. The fraction of sp³-hybridized carbons (Fsp3) is 0.353. The molecule has 0 bridgehead atoms. The van der Waals surface area contributed by atoms with E-state index in [-0.39, 0.29) is 12.3 Å². The van der Waals surface area contributed by atoms with Crippen LogP contribution in [0, 0.1) is 12.8 Å². The Hall–Kier alpha value is -2.83. The lowest BCUT2D eigenvalue weighted by atomic mass is 9.99. The average Bonchev–Trinajstić information content (AvgIpc) is 2.99. The quantitative estimate of drug-likeness (QED) is 0.767. The number of nitrogens with one attached hydrogen (secondary N) is 1. The number of ether oxygens (including phenoxy) is 1. The Labute approximate surface area is 139 Å². The fourth-order valence-electron chi connectivity index (χ4n) is 2.19. The second kappa shape index (κ2) is 8.14. The van der Waals surface area contributed by atoms with Gasteiger partial charge in [0.05, 0.1) is 18.2 Å². The van der Waals surface area contributed by atoms with Crippen molar-refractivity contribution in [2.75, 3.05) is 13.2 Å². The molecule has 0 fully saturated rings. The van der Waals surface area contributed by atoms with Gasteiger partial charge in [-0.2, -0.15) is 0 Å². The van der Waals surface area contributed by atoms with Crippen molar-refractivity contribution in [1.82, 2.24) is 10.5 Å². The van der Waals surface area contributed by atoms with Crippen LogP contribution < -0.4 is 10.1 Å². The van der Waals surface area contributed by atoms with Gasteiger partial charge in [0, 0.05) is 12.6 Å². The lowest BCUT2D eigenvalue weighted by Crippen LogP contribution is -2.34. The predicted molar refractivity (Wildman–Crippen MR) is 86.0 cm³/mol. The van der Waals surface area contributed by atoms with Gasteiger partial charge in [0.25, 0.3) is 5.91 Å². The van der Waals surface area contributed by atoms with Gasteiger partial charge in [-0.05, 0) is 38.0 Å². The van der Waals surface area contributed by atoms with Crippen molar-refractivity contribution in [1.29, 1.82) is 0 Å². The smallest absolute Gasteiger partial charge is 0.308 e. The van der Waals surface area contributed by atoms with Crippen LogP contribution in [0.3, 0.4) is 0 Å². The van der Waals surface area contributed by atoms with Crippen LogP contribution in [-0.2, 0) is 11.2 Å². The minimum absolute atomic E-state index is 0.00112. The maximum absolute atomic E-state index is 11.9. The monoisotopic (exact) mass is 332 g/mol. The Balaban J connectivity index is 1.94. The first-order valence-electron chi connectivity index (χ1n) is 7.65. The average molecular weight is 332 g/mol. The molecule has 2 aromatic rings. The van der Waals surface area contributed by atoms with Crippen LogP contribution in [-0.4, -0.2) is 35.3 Å². The summed E-state index contributed by atoms with van der Waals surface area (Å²) < 4.78 is 10.2. The van der Waals surface area contributed by atoms with E-state index in [4.69, 9.17) is 9.26 Å². The number of aliphatic carboxylic acids is 1. The Morgan fingerprint density at radius 1 is 1.33 bits per heavy atom. The highest BCUT2D eigenvalue weighted by Gasteiger charge is 2.20. The Bertz CT molecular complexity index is 693. The van der Waals surface area contributed by atoms with E-state index >= 15 is 0 Å². The molecule has 128 valence electrons. The highest BCUT2D eigenvalue weighted by molar-refractivity contribution is 5.91. The van der Waals surface area contributed by atoms with Gasteiger partial charge in [0.1, 0.15) is 5.75 Å². The lowest BCUT2D eigenvalue weighted by Gasteiger charge is -2.13. The first kappa shape index (κ1) is 17.5. The lowest BCUT2D eigenvalue weighted by molar-refractivity contribution is -0.141. The molecule has 7 nitrogen and oxygen atoms in total. The molecule has 1 aromatic heterocycles. The van der Waals surface area contributed by atoms with E-state index in [1.165, 1.54) is 6.07 Å². The number of benzene rings is 1. The van der Waals surface area contributed by atoms with Gasteiger partial charge in [-0.25, -0.2) is 0 Å². The van der Waals surface area contributed by atoms with E-state index in [0.717, 1.165) is 11.3 Å². The number of rotatable bonds is 8. The number of hydrogen-bond donors (Lipinski definition) is 2. The van der Waals surface area contributed by atoms with Crippen LogP contribution in [0.2, 0.25) is 0 Å². The number of aryl methyl sites for hydroxylation is 1. The zero-order valence-corrected chi connectivity index (χ0v) is 13.6. The van der Waals surface area contributed by atoms with Crippen LogP contribution in [0.4, 0.5) is 0 Å². The van der Waals surface area contributed by atoms with Crippen LogP contribution in [0.15, 0.2) is 34.9 Å². The van der Waals surface area contributed by atoms with Gasteiger partial charge in [-0.1, -0.05) is 17.3 Å². The second-order valence-corrected chi connectivity index (χ2v) is 5.36. The topological polar surface area (TPSA) is 102 Å². The van der Waals surface area contributed by atoms with Gasteiger partial charge in [-0.15, -0.1) is 0 Å². The molecule has 0 spiro atoms. The molecule has 7 heteroatoms. The van der Waals surface area contributed by atoms with Crippen molar-refractivity contribution in [2.24, 2.45) is 5.92 Å². The van der Waals surface area contributed by atoms with Gasteiger partial charge >= 0.3 is 5.97 Å². The van der Waals surface area contributed by atoms with Crippen LogP contribution >= 0.6 is 0 Å². The molecule has 2 N–H and O–H groups in total. The minimum Gasteiger partial charge on any atom is -0.494 e. The van der Waals surface area contributed by atoms with Crippen LogP contribution in [0.5, 0.6) is 5.75 Å². The van der Waals surface area contributed by atoms with E-state index in [2.05, 4.69) is 10.5 Å². The molecule has 1 aromatic carbocycles. The molecule has 0 saturated carbocycles. The van der Waals surface area contributed by atoms with Crippen molar-refractivity contribution in [3.63, 3.8) is 0 Å². The molecule has 0 aliphatic carbocycles. The zero-order valence-electron chi connectivity index (χ0n) is 13.6. The summed E-state index contributed by atoms with van der Waals surface area (Å²) in [6.45, 7) is 4.17. The van der Waals surface area contributed by atoms with Gasteiger partial charge in [0.2, 0.25) is 5.76 Å². The van der Waals surface area contributed by atoms with Gasteiger partial charge in [-0.3, -0.25) is 9.59 Å². The third-order valence-corrected chi connectivity index (χ3v) is 3.43. The number of aromatic nitrogens is 1. The summed E-state index contributed by atoms with van der Waals surface area (Å²) in [6, 6.07) is 8.74. The number of nitrogens with zero attached hydrogens (tertiary/aromatic N) is 1. The number of amides is 1. The number of carboxylic acid groups (broad SMARTS) is 1. The van der Waals surface area contributed by atoms with E-state index < -0.39 is 17.8 Å². The summed E-state index contributed by atoms with van der Waals surface area (Å²) in [5.41, 5.74) is 1.44. The molecule has 2 rings (SSSR count). The van der Waals surface area contributed by atoms with Crippen LogP contribution in [0.25, 0.3) is 0 Å². The van der Waals surface area contributed by atoms with E-state index in [0.29, 0.717) is 18.7 Å². The van der Waals surface area contributed by atoms with Crippen molar-refractivity contribution >= 4 is 11.9 Å². The molecular formula is C17H20N2O5. The largest absolute Gasteiger partial charge is 0.494 e. The summed E-state index contributed by atoms with van der Waals surface area (Å²) in [4.78, 5) is 23.3. The molecule has 0 aliphatic rings. The third-order valence-electron chi connectivity index (χ3n) is 3.43. The molecule has 1 unspecified atom stereocenters. The summed E-state index contributed by atoms with van der Waals surface area (Å²) in [7, 11) is 0. The third kappa shape index (κ3) is 4.84. The van der Waals surface area contributed by atoms with Crippen molar-refractivity contribution in [3.8, 4) is 5.75 Å². The maximum atomic E-state index is 11.9. The number of carboxylic acids is 1. The maximum Gasteiger partial charge on any atom is 0.308 e. The molecule has 0 aliphatic heterocycles. The van der Waals surface area contributed by atoms with Gasteiger partial charge < -0.3 is 19.7 Å².